The van der Waals surface area contributed by atoms with E-state index in [2.05, 4.69) is 11.5 Å². The first-order valence-corrected chi connectivity index (χ1v) is 17.1. The third-order valence-electron chi connectivity index (χ3n) is 6.68. The highest BCUT2D eigenvalue weighted by Crippen LogP contribution is 2.17. The molecule has 0 amide bonds. The highest BCUT2D eigenvalue weighted by molar-refractivity contribution is 5.73. The van der Waals surface area contributed by atoms with Gasteiger partial charge in [-0.3, -0.25) is 29.1 Å². The molecular formula is C37H64N4O7. The number of unbranched alkanes of at least 4 members (excludes halogenated alkanes) is 1. The predicted octanol–water partition coefficient (Wildman–Crippen LogP) is 4.78. The van der Waals surface area contributed by atoms with Crippen molar-refractivity contribution in [2.24, 2.45) is 5.73 Å². The number of allylic oxidation sites excluding steroid dienone is 1. The number of hydrogen-bond acceptors (Lipinski definition) is 11. The van der Waals surface area contributed by atoms with Crippen LogP contribution in [0.1, 0.15) is 87.1 Å². The first kappa shape index (κ1) is 43.0. The average Bonchev–Trinajstić information content (AvgIpc) is 2.93. The predicted molar refractivity (Wildman–Crippen MR) is 190 cm³/mol. The van der Waals surface area contributed by atoms with Crippen molar-refractivity contribution in [3.05, 3.63) is 48.2 Å². The van der Waals surface area contributed by atoms with E-state index in [1.807, 2.05) is 102 Å². The van der Waals surface area contributed by atoms with E-state index in [0.29, 0.717) is 45.8 Å². The molecule has 0 aliphatic carbocycles. The Hall–Kier alpha value is -2.99. The smallest absolute Gasteiger partial charge is 0.320 e. The summed E-state index contributed by atoms with van der Waals surface area (Å²) in [6, 6.07) is 9.53. The van der Waals surface area contributed by atoms with Gasteiger partial charge in [-0.1, -0.05) is 36.9 Å². The second-order valence-corrected chi connectivity index (χ2v) is 15.1. The quantitative estimate of drug-likeness (QED) is 0.0790. The molecule has 0 aliphatic heterocycles. The van der Waals surface area contributed by atoms with Gasteiger partial charge in [0.25, 0.3) is 0 Å². The number of benzene rings is 1. The molecule has 274 valence electrons. The maximum absolute atomic E-state index is 12.9. The van der Waals surface area contributed by atoms with Crippen molar-refractivity contribution >= 4 is 17.9 Å². The van der Waals surface area contributed by atoms with Crippen LogP contribution < -0.4 is 5.73 Å². The van der Waals surface area contributed by atoms with Crippen molar-refractivity contribution in [2.45, 2.75) is 105 Å². The van der Waals surface area contributed by atoms with E-state index in [1.165, 1.54) is 0 Å². The van der Waals surface area contributed by atoms with E-state index < -0.39 is 11.2 Å². The summed E-state index contributed by atoms with van der Waals surface area (Å²) in [7, 11) is 0. The maximum Gasteiger partial charge on any atom is 0.320 e. The van der Waals surface area contributed by atoms with Crippen LogP contribution in [0.5, 0.6) is 0 Å². The molecule has 0 aliphatic rings. The first-order valence-electron chi connectivity index (χ1n) is 17.1. The number of rotatable bonds is 22. The van der Waals surface area contributed by atoms with Gasteiger partial charge in [0, 0.05) is 45.7 Å². The molecule has 0 saturated carbocycles. The van der Waals surface area contributed by atoms with Gasteiger partial charge < -0.3 is 24.7 Å². The lowest BCUT2D eigenvalue weighted by Crippen LogP contribution is -2.46. The van der Waals surface area contributed by atoms with Gasteiger partial charge in [-0.15, -0.1) is 0 Å². The third-order valence-corrected chi connectivity index (χ3v) is 6.68. The molecule has 0 bridgehead atoms. The van der Waals surface area contributed by atoms with E-state index in [-0.39, 0.29) is 49.8 Å². The summed E-state index contributed by atoms with van der Waals surface area (Å²) < 4.78 is 22.6. The zero-order chi connectivity index (χ0) is 36.4. The minimum Gasteiger partial charge on any atom is -0.493 e. The second kappa shape index (κ2) is 21.2. The molecule has 0 saturated heterocycles. The number of ether oxygens (including phenoxy) is 4. The molecule has 11 nitrogen and oxygen atoms in total. The third kappa shape index (κ3) is 23.4. The number of esters is 3. The number of hydrogen-bond donors (Lipinski definition) is 1. The second-order valence-electron chi connectivity index (χ2n) is 15.1. The lowest BCUT2D eigenvalue weighted by atomic mass is 10.1. The number of carbonyl (C=O) groups is 3. The van der Waals surface area contributed by atoms with Crippen LogP contribution in [0.25, 0.3) is 0 Å². The molecular weight excluding hydrogens is 612 g/mol. The summed E-state index contributed by atoms with van der Waals surface area (Å²) in [5.41, 5.74) is 5.28. The first-order chi connectivity index (χ1) is 22.2. The van der Waals surface area contributed by atoms with Crippen molar-refractivity contribution in [3.63, 3.8) is 0 Å². The Morgan fingerprint density at radius 1 is 0.625 bits per heavy atom. The minimum absolute atomic E-state index is 0.0659. The van der Waals surface area contributed by atoms with E-state index in [1.54, 1.807) is 0 Å². The molecule has 0 fully saturated rings. The van der Waals surface area contributed by atoms with Gasteiger partial charge in [0.1, 0.15) is 23.4 Å². The van der Waals surface area contributed by atoms with Gasteiger partial charge in [0.2, 0.25) is 0 Å². The van der Waals surface area contributed by atoms with Gasteiger partial charge in [0.15, 0.2) is 0 Å². The van der Waals surface area contributed by atoms with Gasteiger partial charge in [-0.2, -0.15) is 0 Å². The Bertz CT molecular complexity index is 1110. The molecule has 1 aromatic rings. The topological polar surface area (TPSA) is 124 Å². The molecule has 2 N–H and O–H groups in total. The molecule has 0 heterocycles. The molecule has 0 spiro atoms. The van der Waals surface area contributed by atoms with Crippen LogP contribution in [-0.4, -0.2) is 115 Å². The van der Waals surface area contributed by atoms with Crippen molar-refractivity contribution < 1.29 is 33.3 Å². The Kier molecular flexibility index (Phi) is 19.0. The molecule has 0 radical (unpaired) electrons. The van der Waals surface area contributed by atoms with E-state index in [9.17, 15) is 14.4 Å². The van der Waals surface area contributed by atoms with Gasteiger partial charge in [0.05, 0.1) is 25.4 Å². The zero-order valence-electron chi connectivity index (χ0n) is 31.3. The lowest BCUT2D eigenvalue weighted by molar-refractivity contribution is -0.158. The van der Waals surface area contributed by atoms with Crippen LogP contribution in [0.2, 0.25) is 0 Å². The fourth-order valence-electron chi connectivity index (χ4n) is 4.78. The average molecular weight is 677 g/mol. The molecule has 0 unspecified atom stereocenters. The van der Waals surface area contributed by atoms with Gasteiger partial charge >= 0.3 is 17.9 Å². The van der Waals surface area contributed by atoms with Crippen LogP contribution in [0.15, 0.2) is 42.7 Å². The monoisotopic (exact) mass is 676 g/mol. The normalized spacial score (nSPS) is 12.4. The van der Waals surface area contributed by atoms with Crippen LogP contribution in [0.3, 0.4) is 0 Å². The SMILES string of the molecule is C=C(CCCCN(CCN(CCN(CCN)CC(=O)OCc1ccccc1)CC(=O)OC(C)(C)C)CC(=O)OC(C)(C)C)OC(C)(C)C. The highest BCUT2D eigenvalue weighted by atomic mass is 16.6. The number of nitrogens with zero attached hydrogens (tertiary/aromatic N) is 3. The fourth-order valence-corrected chi connectivity index (χ4v) is 4.78. The molecule has 0 atom stereocenters. The van der Waals surface area contributed by atoms with Crippen LogP contribution in [-0.2, 0) is 39.9 Å². The van der Waals surface area contributed by atoms with Crippen molar-refractivity contribution in [3.8, 4) is 0 Å². The summed E-state index contributed by atoms with van der Waals surface area (Å²) in [5, 5.41) is 0. The molecule has 0 aromatic heterocycles. The van der Waals surface area contributed by atoms with Crippen LogP contribution >= 0.6 is 0 Å². The fraction of sp³-hybridized carbons (Fsp3) is 0.703. The lowest BCUT2D eigenvalue weighted by Gasteiger charge is -2.30. The van der Waals surface area contributed by atoms with E-state index in [0.717, 1.165) is 30.6 Å². The van der Waals surface area contributed by atoms with E-state index in [4.69, 9.17) is 24.7 Å². The Morgan fingerprint density at radius 2 is 1.06 bits per heavy atom. The largest absolute Gasteiger partial charge is 0.493 e. The summed E-state index contributed by atoms with van der Waals surface area (Å²) in [6.45, 7) is 25.1. The van der Waals surface area contributed by atoms with Crippen molar-refractivity contribution in [1.29, 1.82) is 0 Å². The summed E-state index contributed by atoms with van der Waals surface area (Å²) >= 11 is 0. The van der Waals surface area contributed by atoms with Crippen molar-refractivity contribution in [1.82, 2.24) is 14.7 Å². The van der Waals surface area contributed by atoms with E-state index >= 15 is 0 Å². The number of carbonyl (C=O) groups excluding carboxylic acids is 3. The summed E-state index contributed by atoms with van der Waals surface area (Å²) in [6.07, 6.45) is 2.42. The summed E-state index contributed by atoms with van der Waals surface area (Å²) in [5.74, 6) is -0.239. The van der Waals surface area contributed by atoms with Crippen molar-refractivity contribution in [2.75, 3.05) is 65.4 Å². The number of nitrogens with two attached hydrogens (primary N) is 1. The highest BCUT2D eigenvalue weighted by Gasteiger charge is 2.23. The molecule has 48 heavy (non-hydrogen) atoms. The van der Waals surface area contributed by atoms with Gasteiger partial charge in [-0.25, -0.2) is 0 Å². The standard InChI is InChI=1S/C37H64N4O7/c1-30(46-35(2,3)4)16-14-15-20-39(27-33(43)47-36(5,6)7)22-24-41(28-34(44)48-37(8,9)10)25-23-40(21-19-38)26-32(42)45-29-31-17-12-11-13-18-31/h11-13,17-18H,1,14-16,19-29,38H2,2-10H3. The minimum atomic E-state index is -0.625. The Morgan fingerprint density at radius 3 is 1.52 bits per heavy atom. The molecule has 1 aromatic carbocycles. The Balaban J connectivity index is 2.93. The van der Waals surface area contributed by atoms with Crippen LogP contribution in [0.4, 0.5) is 0 Å². The zero-order valence-corrected chi connectivity index (χ0v) is 31.3. The van der Waals surface area contributed by atoms with Crippen LogP contribution in [0, 0.1) is 0 Å². The maximum atomic E-state index is 12.9. The molecule has 11 heteroatoms. The molecule has 1 rings (SSSR count). The Labute approximate surface area is 290 Å². The van der Waals surface area contributed by atoms with Gasteiger partial charge in [-0.05, 0) is 87.3 Å². The summed E-state index contributed by atoms with van der Waals surface area (Å²) in [4.78, 5) is 44.4.